The quantitative estimate of drug-likeness (QED) is 0.787. The fraction of sp³-hybridized carbons (Fsp3) is 0.200. The second kappa shape index (κ2) is 4.96. The summed E-state index contributed by atoms with van der Waals surface area (Å²) in [5.41, 5.74) is 0.476. The van der Waals surface area contributed by atoms with Crippen molar-refractivity contribution in [2.24, 2.45) is 0 Å². The van der Waals surface area contributed by atoms with Crippen LogP contribution < -0.4 is 5.32 Å². The monoisotopic (exact) mass is 208 g/mol. The van der Waals surface area contributed by atoms with Gasteiger partial charge in [0.2, 0.25) is 0 Å². The fourth-order valence-corrected chi connectivity index (χ4v) is 1.03. The highest BCUT2D eigenvalue weighted by Gasteiger charge is 2.02. The summed E-state index contributed by atoms with van der Waals surface area (Å²) in [6.45, 7) is 0.242. The number of carbonyl (C=O) groups is 1. The Morgan fingerprint density at radius 1 is 1.60 bits per heavy atom. The highest BCUT2D eigenvalue weighted by Crippen LogP contribution is 2.13. The first kappa shape index (κ1) is 11.0. The average Bonchev–Trinajstić information content (AvgIpc) is 2.20. The summed E-state index contributed by atoms with van der Waals surface area (Å²) in [4.78, 5) is 10.2. The average molecular weight is 208 g/mol. The minimum absolute atomic E-state index is 0.0285. The van der Waals surface area contributed by atoms with Crippen LogP contribution in [-0.2, 0) is 4.79 Å². The topological polar surface area (TPSA) is 73.1 Å². The number of hydrogen-bond donors (Lipinski definition) is 2. The predicted molar refractivity (Wildman–Crippen MR) is 51.9 cm³/mol. The van der Waals surface area contributed by atoms with E-state index in [4.69, 9.17) is 10.4 Å². The normalized spacial score (nSPS) is 9.33. The number of benzene rings is 1. The van der Waals surface area contributed by atoms with Gasteiger partial charge in [0, 0.05) is 12.2 Å². The van der Waals surface area contributed by atoms with Crippen LogP contribution >= 0.6 is 0 Å². The molecule has 0 fully saturated rings. The first-order valence-electron chi connectivity index (χ1n) is 4.29. The molecule has 1 rings (SSSR count). The lowest BCUT2D eigenvalue weighted by Crippen LogP contribution is -2.07. The van der Waals surface area contributed by atoms with Crippen molar-refractivity contribution in [1.29, 1.82) is 5.26 Å². The number of carboxylic acids is 1. The maximum atomic E-state index is 12.9. The molecule has 1 aromatic carbocycles. The number of halogens is 1. The molecule has 0 aliphatic heterocycles. The Kier molecular flexibility index (Phi) is 3.63. The predicted octanol–water partition coefficient (Wildman–Crippen LogP) is 1.58. The van der Waals surface area contributed by atoms with E-state index >= 15 is 0 Å². The number of carboxylic acid groups (broad SMARTS) is 1. The zero-order valence-corrected chi connectivity index (χ0v) is 7.83. The minimum atomic E-state index is -0.912. The van der Waals surface area contributed by atoms with Crippen molar-refractivity contribution in [3.05, 3.63) is 29.6 Å². The van der Waals surface area contributed by atoms with Crippen LogP contribution in [0.5, 0.6) is 0 Å². The van der Waals surface area contributed by atoms with Gasteiger partial charge in [0.15, 0.2) is 0 Å². The van der Waals surface area contributed by atoms with Crippen molar-refractivity contribution in [2.45, 2.75) is 6.42 Å². The summed E-state index contributed by atoms with van der Waals surface area (Å²) in [6, 6.07) is 5.67. The molecular formula is C10H9FN2O2. The molecule has 5 heteroatoms. The standard InChI is InChI=1S/C10H9FN2O2/c11-9-2-1-8(5-7(9)6-12)13-4-3-10(14)15/h1-2,5,13H,3-4H2,(H,14,15). The van der Waals surface area contributed by atoms with Gasteiger partial charge in [-0.3, -0.25) is 4.79 Å². The lowest BCUT2D eigenvalue weighted by Gasteiger charge is -2.04. The molecule has 0 aliphatic rings. The Morgan fingerprint density at radius 2 is 2.33 bits per heavy atom. The summed E-state index contributed by atoms with van der Waals surface area (Å²) in [5, 5.41) is 19.7. The van der Waals surface area contributed by atoms with Crippen LogP contribution in [0.25, 0.3) is 0 Å². The van der Waals surface area contributed by atoms with Gasteiger partial charge in [-0.25, -0.2) is 4.39 Å². The highest BCUT2D eigenvalue weighted by molar-refractivity contribution is 5.67. The molecular weight excluding hydrogens is 199 g/mol. The van der Waals surface area contributed by atoms with Crippen LogP contribution in [0.1, 0.15) is 12.0 Å². The molecule has 0 saturated heterocycles. The molecule has 0 heterocycles. The number of anilines is 1. The second-order valence-electron chi connectivity index (χ2n) is 2.88. The van der Waals surface area contributed by atoms with Gasteiger partial charge in [0.1, 0.15) is 11.9 Å². The minimum Gasteiger partial charge on any atom is -0.481 e. The number of nitriles is 1. The van der Waals surface area contributed by atoms with Crippen molar-refractivity contribution in [1.82, 2.24) is 0 Å². The van der Waals surface area contributed by atoms with E-state index in [1.807, 2.05) is 0 Å². The molecule has 15 heavy (non-hydrogen) atoms. The van der Waals surface area contributed by atoms with E-state index in [0.717, 1.165) is 0 Å². The zero-order valence-electron chi connectivity index (χ0n) is 7.83. The Balaban J connectivity index is 2.63. The Hall–Kier alpha value is -2.09. The third kappa shape index (κ3) is 3.27. The number of rotatable bonds is 4. The molecule has 4 nitrogen and oxygen atoms in total. The second-order valence-corrected chi connectivity index (χ2v) is 2.88. The van der Waals surface area contributed by atoms with Gasteiger partial charge < -0.3 is 10.4 Å². The van der Waals surface area contributed by atoms with E-state index in [0.29, 0.717) is 5.69 Å². The summed E-state index contributed by atoms with van der Waals surface area (Å²) in [6.07, 6.45) is -0.0285. The summed E-state index contributed by atoms with van der Waals surface area (Å²) >= 11 is 0. The first-order chi connectivity index (χ1) is 7.13. The largest absolute Gasteiger partial charge is 0.481 e. The van der Waals surface area contributed by atoms with Gasteiger partial charge in [-0.15, -0.1) is 0 Å². The number of nitrogens with one attached hydrogen (secondary N) is 1. The summed E-state index contributed by atoms with van der Waals surface area (Å²) in [5.74, 6) is -1.49. The molecule has 0 saturated carbocycles. The fourth-order valence-electron chi connectivity index (χ4n) is 1.03. The molecule has 1 aromatic rings. The van der Waals surface area contributed by atoms with Gasteiger partial charge in [0.05, 0.1) is 12.0 Å². The SMILES string of the molecule is N#Cc1cc(NCCC(=O)O)ccc1F. The Bertz CT molecular complexity index is 412. The molecule has 0 aliphatic carbocycles. The van der Waals surface area contributed by atoms with Gasteiger partial charge in [-0.2, -0.15) is 5.26 Å². The van der Waals surface area contributed by atoms with Crippen molar-refractivity contribution >= 4 is 11.7 Å². The van der Waals surface area contributed by atoms with Crippen molar-refractivity contribution < 1.29 is 14.3 Å². The third-order valence-corrected chi connectivity index (χ3v) is 1.75. The lowest BCUT2D eigenvalue weighted by atomic mass is 10.2. The summed E-state index contributed by atoms with van der Waals surface area (Å²) in [7, 11) is 0. The maximum absolute atomic E-state index is 12.9. The Morgan fingerprint density at radius 3 is 2.93 bits per heavy atom. The first-order valence-corrected chi connectivity index (χ1v) is 4.29. The van der Waals surface area contributed by atoms with E-state index in [2.05, 4.69) is 5.32 Å². The summed E-state index contributed by atoms with van der Waals surface area (Å²) < 4.78 is 12.9. The van der Waals surface area contributed by atoms with Crippen LogP contribution in [0.3, 0.4) is 0 Å². The van der Waals surface area contributed by atoms with E-state index < -0.39 is 11.8 Å². The molecule has 0 unspecified atom stereocenters. The van der Waals surface area contributed by atoms with Crippen LogP contribution in [0.4, 0.5) is 10.1 Å². The van der Waals surface area contributed by atoms with E-state index in [1.165, 1.54) is 18.2 Å². The van der Waals surface area contributed by atoms with Crippen LogP contribution in [0, 0.1) is 17.1 Å². The van der Waals surface area contributed by atoms with E-state index in [1.54, 1.807) is 6.07 Å². The molecule has 0 radical (unpaired) electrons. The number of aliphatic carboxylic acids is 1. The third-order valence-electron chi connectivity index (χ3n) is 1.75. The number of nitrogens with zero attached hydrogens (tertiary/aromatic N) is 1. The van der Waals surface area contributed by atoms with E-state index in [9.17, 15) is 9.18 Å². The smallest absolute Gasteiger partial charge is 0.305 e. The molecule has 0 aromatic heterocycles. The van der Waals surface area contributed by atoms with Gasteiger partial charge >= 0.3 is 5.97 Å². The number of hydrogen-bond acceptors (Lipinski definition) is 3. The zero-order chi connectivity index (χ0) is 11.3. The highest BCUT2D eigenvalue weighted by atomic mass is 19.1. The maximum Gasteiger partial charge on any atom is 0.305 e. The lowest BCUT2D eigenvalue weighted by molar-refractivity contribution is -0.136. The van der Waals surface area contributed by atoms with Crippen molar-refractivity contribution in [3.8, 4) is 6.07 Å². The van der Waals surface area contributed by atoms with Gasteiger partial charge in [0.25, 0.3) is 0 Å². The molecule has 2 N–H and O–H groups in total. The van der Waals surface area contributed by atoms with Crippen LogP contribution in [-0.4, -0.2) is 17.6 Å². The molecule has 0 spiro atoms. The molecule has 78 valence electrons. The molecule has 0 atom stereocenters. The molecule has 0 bridgehead atoms. The van der Waals surface area contributed by atoms with Crippen molar-refractivity contribution in [3.63, 3.8) is 0 Å². The van der Waals surface area contributed by atoms with Gasteiger partial charge in [-0.1, -0.05) is 0 Å². The van der Waals surface area contributed by atoms with Crippen LogP contribution in [0.2, 0.25) is 0 Å². The van der Waals surface area contributed by atoms with Crippen LogP contribution in [0.15, 0.2) is 18.2 Å². The van der Waals surface area contributed by atoms with E-state index in [-0.39, 0.29) is 18.5 Å². The van der Waals surface area contributed by atoms with Gasteiger partial charge in [-0.05, 0) is 18.2 Å². The van der Waals surface area contributed by atoms with Crippen molar-refractivity contribution in [2.75, 3.05) is 11.9 Å². The Labute approximate surface area is 86.0 Å². The molecule has 0 amide bonds.